The third-order valence-corrected chi connectivity index (χ3v) is 1.86. The highest BCUT2D eigenvalue weighted by atomic mass is 16.2. The smallest absolute Gasteiger partial charge is 0.310 e. The van der Waals surface area contributed by atoms with Crippen LogP contribution in [0.4, 0.5) is 0 Å². The average molecular weight is 221 g/mol. The highest BCUT2D eigenvalue weighted by Crippen LogP contribution is 1.92. The molecule has 1 heterocycles. The Hall–Kier alpha value is -2.36. The first-order valence-corrected chi connectivity index (χ1v) is 4.54. The SMILES string of the molecule is Cn1ccnc1CNC(=O)C(=O)NCC#N. The molecule has 0 aliphatic rings. The summed E-state index contributed by atoms with van der Waals surface area (Å²) in [5, 5.41) is 12.7. The molecule has 0 saturated heterocycles. The van der Waals surface area contributed by atoms with Crippen LogP contribution in [0, 0.1) is 11.3 Å². The summed E-state index contributed by atoms with van der Waals surface area (Å²) in [4.78, 5) is 26.2. The Morgan fingerprint density at radius 1 is 1.50 bits per heavy atom. The van der Waals surface area contributed by atoms with Crippen molar-refractivity contribution in [1.29, 1.82) is 5.26 Å². The zero-order valence-corrected chi connectivity index (χ0v) is 8.73. The van der Waals surface area contributed by atoms with Crippen LogP contribution in [0.25, 0.3) is 0 Å². The Morgan fingerprint density at radius 3 is 2.75 bits per heavy atom. The van der Waals surface area contributed by atoms with E-state index in [4.69, 9.17) is 5.26 Å². The molecular weight excluding hydrogens is 210 g/mol. The van der Waals surface area contributed by atoms with Crippen molar-refractivity contribution in [1.82, 2.24) is 20.2 Å². The van der Waals surface area contributed by atoms with Gasteiger partial charge >= 0.3 is 11.8 Å². The van der Waals surface area contributed by atoms with Gasteiger partial charge in [0.1, 0.15) is 12.4 Å². The zero-order chi connectivity index (χ0) is 12.0. The number of rotatable bonds is 3. The molecule has 2 amide bonds. The first-order valence-electron chi connectivity index (χ1n) is 4.54. The van der Waals surface area contributed by atoms with Crippen molar-refractivity contribution in [2.75, 3.05) is 6.54 Å². The summed E-state index contributed by atoms with van der Waals surface area (Å²) in [6.07, 6.45) is 3.33. The van der Waals surface area contributed by atoms with Crippen LogP contribution in [0.2, 0.25) is 0 Å². The molecule has 0 radical (unpaired) electrons. The summed E-state index contributed by atoms with van der Waals surface area (Å²) in [5.74, 6) is -0.963. The van der Waals surface area contributed by atoms with Crippen molar-refractivity contribution in [2.24, 2.45) is 7.05 Å². The molecule has 0 aliphatic carbocycles. The highest BCUT2D eigenvalue weighted by Gasteiger charge is 2.12. The third kappa shape index (κ3) is 3.09. The van der Waals surface area contributed by atoms with E-state index in [1.54, 1.807) is 30.1 Å². The molecule has 0 fully saturated rings. The summed E-state index contributed by atoms with van der Waals surface area (Å²) in [6, 6.07) is 1.70. The number of nitriles is 1. The van der Waals surface area contributed by atoms with Crippen LogP contribution in [0.1, 0.15) is 5.82 Å². The minimum absolute atomic E-state index is 0.169. The van der Waals surface area contributed by atoms with Gasteiger partial charge in [0.2, 0.25) is 0 Å². The molecule has 2 N–H and O–H groups in total. The number of aromatic nitrogens is 2. The van der Waals surface area contributed by atoms with Crippen LogP contribution >= 0.6 is 0 Å². The largest absolute Gasteiger partial charge is 0.341 e. The van der Waals surface area contributed by atoms with E-state index in [9.17, 15) is 9.59 Å². The fraction of sp³-hybridized carbons (Fsp3) is 0.333. The van der Waals surface area contributed by atoms with E-state index in [1.165, 1.54) is 0 Å². The van der Waals surface area contributed by atoms with Crippen molar-refractivity contribution >= 4 is 11.8 Å². The molecule has 0 spiro atoms. The van der Waals surface area contributed by atoms with Gasteiger partial charge in [-0.25, -0.2) is 4.98 Å². The Labute approximate surface area is 92.1 Å². The number of carbonyl (C=O) groups is 2. The van der Waals surface area contributed by atoms with Gasteiger partial charge in [0.05, 0.1) is 12.6 Å². The molecular formula is C9H11N5O2. The molecule has 0 aromatic carbocycles. The second-order valence-corrected chi connectivity index (χ2v) is 2.98. The van der Waals surface area contributed by atoms with Gasteiger partial charge in [-0.15, -0.1) is 0 Å². The molecule has 1 aromatic heterocycles. The monoisotopic (exact) mass is 221 g/mol. The molecule has 84 valence electrons. The van der Waals surface area contributed by atoms with Crippen molar-refractivity contribution in [3.8, 4) is 6.07 Å². The van der Waals surface area contributed by atoms with Crippen LogP contribution in [0.3, 0.4) is 0 Å². The van der Waals surface area contributed by atoms with Gasteiger partial charge in [-0.2, -0.15) is 5.26 Å². The molecule has 7 nitrogen and oxygen atoms in total. The van der Waals surface area contributed by atoms with E-state index >= 15 is 0 Å². The van der Waals surface area contributed by atoms with Crippen molar-refractivity contribution < 1.29 is 9.59 Å². The lowest BCUT2D eigenvalue weighted by atomic mass is 10.5. The Kier molecular flexibility index (Phi) is 4.03. The normalized spacial score (nSPS) is 9.25. The quantitative estimate of drug-likeness (QED) is 0.488. The van der Waals surface area contributed by atoms with E-state index in [2.05, 4.69) is 15.6 Å². The van der Waals surface area contributed by atoms with Crippen LogP contribution in [0.15, 0.2) is 12.4 Å². The minimum atomic E-state index is -0.823. The van der Waals surface area contributed by atoms with Crippen molar-refractivity contribution in [2.45, 2.75) is 6.54 Å². The van der Waals surface area contributed by atoms with Gasteiger partial charge in [-0.05, 0) is 0 Å². The summed E-state index contributed by atoms with van der Waals surface area (Å²) in [6.45, 7) is -0.0169. The minimum Gasteiger partial charge on any atom is -0.341 e. The molecule has 1 rings (SSSR count). The number of aryl methyl sites for hydroxylation is 1. The van der Waals surface area contributed by atoms with E-state index in [0.717, 1.165) is 0 Å². The number of amides is 2. The summed E-state index contributed by atoms with van der Waals surface area (Å²) >= 11 is 0. The molecule has 0 saturated carbocycles. The summed E-state index contributed by atoms with van der Waals surface area (Å²) in [7, 11) is 1.78. The van der Waals surface area contributed by atoms with Crippen LogP contribution in [0.5, 0.6) is 0 Å². The number of carbonyl (C=O) groups excluding carboxylic acids is 2. The van der Waals surface area contributed by atoms with E-state index in [1.807, 2.05) is 0 Å². The fourth-order valence-corrected chi connectivity index (χ4v) is 1.01. The Morgan fingerprint density at radius 2 is 2.19 bits per heavy atom. The molecule has 0 aliphatic heterocycles. The number of hydrogen-bond acceptors (Lipinski definition) is 4. The van der Waals surface area contributed by atoms with Gasteiger partial charge in [0, 0.05) is 19.4 Å². The fourth-order valence-electron chi connectivity index (χ4n) is 1.01. The van der Waals surface area contributed by atoms with Crippen molar-refractivity contribution in [3.63, 3.8) is 0 Å². The lowest BCUT2D eigenvalue weighted by Crippen LogP contribution is -2.40. The predicted octanol–water partition coefficient (Wildman–Crippen LogP) is -1.32. The van der Waals surface area contributed by atoms with Gasteiger partial charge in [0.25, 0.3) is 0 Å². The van der Waals surface area contributed by atoms with Crippen LogP contribution < -0.4 is 10.6 Å². The Bertz CT molecular complexity index is 431. The van der Waals surface area contributed by atoms with Gasteiger partial charge in [0.15, 0.2) is 0 Å². The third-order valence-electron chi connectivity index (χ3n) is 1.86. The second-order valence-electron chi connectivity index (χ2n) is 2.98. The van der Waals surface area contributed by atoms with E-state index in [0.29, 0.717) is 5.82 Å². The molecule has 1 aromatic rings. The summed E-state index contributed by atoms with van der Waals surface area (Å²) in [5.41, 5.74) is 0. The molecule has 0 bridgehead atoms. The predicted molar refractivity (Wildman–Crippen MR) is 53.7 cm³/mol. The maximum Gasteiger partial charge on any atom is 0.310 e. The molecule has 0 atom stereocenters. The van der Waals surface area contributed by atoms with Crippen LogP contribution in [-0.4, -0.2) is 27.9 Å². The number of nitrogens with zero attached hydrogens (tertiary/aromatic N) is 3. The van der Waals surface area contributed by atoms with Gasteiger partial charge in [-0.1, -0.05) is 0 Å². The maximum absolute atomic E-state index is 11.2. The lowest BCUT2D eigenvalue weighted by Gasteiger charge is -2.04. The van der Waals surface area contributed by atoms with Gasteiger partial charge in [-0.3, -0.25) is 9.59 Å². The number of imidazole rings is 1. The molecule has 0 unspecified atom stereocenters. The maximum atomic E-state index is 11.2. The topological polar surface area (TPSA) is 99.8 Å². The first-order chi connectivity index (χ1) is 7.65. The second kappa shape index (κ2) is 5.50. The average Bonchev–Trinajstić information content (AvgIpc) is 2.68. The number of nitrogens with one attached hydrogen (secondary N) is 2. The van der Waals surface area contributed by atoms with Crippen LogP contribution in [-0.2, 0) is 23.2 Å². The molecule has 16 heavy (non-hydrogen) atoms. The zero-order valence-electron chi connectivity index (χ0n) is 8.73. The standard InChI is InChI=1S/C9H11N5O2/c1-14-5-4-11-7(14)6-13-9(16)8(15)12-3-2-10/h4-5H,3,6H2,1H3,(H,12,15)(H,13,16). The van der Waals surface area contributed by atoms with E-state index in [-0.39, 0.29) is 13.1 Å². The highest BCUT2D eigenvalue weighted by molar-refractivity contribution is 6.35. The Balaban J connectivity index is 2.39. The van der Waals surface area contributed by atoms with Gasteiger partial charge < -0.3 is 15.2 Å². The van der Waals surface area contributed by atoms with E-state index < -0.39 is 11.8 Å². The van der Waals surface area contributed by atoms with Crippen molar-refractivity contribution in [3.05, 3.63) is 18.2 Å². The molecule has 7 heteroatoms. The lowest BCUT2D eigenvalue weighted by molar-refractivity contribution is -0.139. The first kappa shape index (κ1) is 11.7. The number of hydrogen-bond donors (Lipinski definition) is 2. The summed E-state index contributed by atoms with van der Waals surface area (Å²) < 4.78 is 1.73.